The zero-order chi connectivity index (χ0) is 18.7. The van der Waals surface area contributed by atoms with Gasteiger partial charge in [-0.3, -0.25) is 4.79 Å². The molecule has 0 unspecified atom stereocenters. The van der Waals surface area contributed by atoms with E-state index in [1.165, 1.54) is 12.1 Å². The Kier molecular flexibility index (Phi) is 5.79. The summed E-state index contributed by atoms with van der Waals surface area (Å²) in [5.41, 5.74) is 0.459. The summed E-state index contributed by atoms with van der Waals surface area (Å²) >= 11 is 1.58. The fraction of sp³-hybridized carbons (Fsp3) is 0.421. The summed E-state index contributed by atoms with van der Waals surface area (Å²) in [4.78, 5) is 13.5. The van der Waals surface area contributed by atoms with E-state index in [4.69, 9.17) is 0 Å². The van der Waals surface area contributed by atoms with E-state index in [9.17, 15) is 13.2 Å². The molecule has 5 nitrogen and oxygen atoms in total. The van der Waals surface area contributed by atoms with Gasteiger partial charge in [0.15, 0.2) is 0 Å². The Labute approximate surface area is 159 Å². The summed E-state index contributed by atoms with van der Waals surface area (Å²) in [7, 11) is -3.51. The van der Waals surface area contributed by atoms with Crippen molar-refractivity contribution in [3.8, 4) is 0 Å². The highest BCUT2D eigenvalue weighted by atomic mass is 32.2. The normalized spacial score (nSPS) is 21.5. The maximum absolute atomic E-state index is 12.9. The Hall–Kier alpha value is -1.70. The zero-order valence-electron chi connectivity index (χ0n) is 15.0. The van der Waals surface area contributed by atoms with Gasteiger partial charge < -0.3 is 5.32 Å². The Morgan fingerprint density at radius 3 is 2.38 bits per heavy atom. The van der Waals surface area contributed by atoms with E-state index in [1.807, 2.05) is 17.5 Å². The van der Waals surface area contributed by atoms with Crippen LogP contribution in [0.3, 0.4) is 0 Å². The molecule has 3 rings (SSSR count). The van der Waals surface area contributed by atoms with Gasteiger partial charge in [0.1, 0.15) is 0 Å². The van der Waals surface area contributed by atoms with Crippen LogP contribution in [0.2, 0.25) is 0 Å². The first-order valence-electron chi connectivity index (χ1n) is 8.77. The maximum atomic E-state index is 12.9. The number of rotatable bonds is 5. The van der Waals surface area contributed by atoms with E-state index in [-0.39, 0.29) is 10.8 Å². The van der Waals surface area contributed by atoms with Crippen molar-refractivity contribution in [2.75, 3.05) is 13.1 Å². The average molecular weight is 393 g/mol. The van der Waals surface area contributed by atoms with Gasteiger partial charge in [0.05, 0.1) is 11.4 Å². The molecule has 1 N–H and O–H groups in total. The van der Waals surface area contributed by atoms with Gasteiger partial charge in [-0.2, -0.15) is 4.31 Å². The number of hydrogen-bond donors (Lipinski definition) is 1. The molecule has 140 valence electrons. The summed E-state index contributed by atoms with van der Waals surface area (Å²) in [5, 5.41) is 4.81. The predicted octanol–water partition coefficient (Wildman–Crippen LogP) is 3.34. The predicted molar refractivity (Wildman–Crippen MR) is 104 cm³/mol. The fourth-order valence-corrected chi connectivity index (χ4v) is 5.74. The maximum Gasteiger partial charge on any atom is 0.251 e. The van der Waals surface area contributed by atoms with Gasteiger partial charge in [0.25, 0.3) is 5.91 Å². The van der Waals surface area contributed by atoms with Crippen LogP contribution >= 0.6 is 11.3 Å². The summed E-state index contributed by atoms with van der Waals surface area (Å²) < 4.78 is 27.3. The molecule has 0 bridgehead atoms. The van der Waals surface area contributed by atoms with E-state index in [2.05, 4.69) is 19.2 Å². The third-order valence-electron chi connectivity index (χ3n) is 4.59. The average Bonchev–Trinajstić information content (AvgIpc) is 3.12. The number of hydrogen-bond acceptors (Lipinski definition) is 4. The monoisotopic (exact) mass is 392 g/mol. The fourth-order valence-electron chi connectivity index (χ4n) is 3.41. The van der Waals surface area contributed by atoms with Crippen LogP contribution in [0.1, 0.15) is 35.5 Å². The number of piperidine rings is 1. The summed E-state index contributed by atoms with van der Waals surface area (Å²) in [6.07, 6.45) is 1.05. The minimum atomic E-state index is -3.51. The topological polar surface area (TPSA) is 66.5 Å². The van der Waals surface area contributed by atoms with Gasteiger partial charge in [-0.25, -0.2) is 8.42 Å². The van der Waals surface area contributed by atoms with Gasteiger partial charge in [-0.15, -0.1) is 11.3 Å². The molecule has 1 aliphatic rings. The molecule has 1 fully saturated rings. The van der Waals surface area contributed by atoms with Gasteiger partial charge in [0, 0.05) is 23.5 Å². The number of nitrogens with one attached hydrogen (secondary N) is 1. The lowest BCUT2D eigenvalue weighted by molar-refractivity contribution is 0.0951. The number of carbonyl (C=O) groups excluding carboxylic acids is 1. The molecule has 26 heavy (non-hydrogen) atoms. The molecule has 1 aliphatic heterocycles. The largest absolute Gasteiger partial charge is 0.347 e. The zero-order valence-corrected chi connectivity index (χ0v) is 16.6. The lowest BCUT2D eigenvalue weighted by Crippen LogP contribution is -2.42. The summed E-state index contributed by atoms with van der Waals surface area (Å²) in [6.45, 7) is 5.74. The quantitative estimate of drug-likeness (QED) is 0.849. The minimum absolute atomic E-state index is 0.206. The third-order valence-corrected chi connectivity index (χ3v) is 7.32. The highest BCUT2D eigenvalue weighted by Crippen LogP contribution is 2.26. The molecule has 1 aromatic heterocycles. The molecule has 2 aromatic rings. The van der Waals surface area contributed by atoms with Crippen LogP contribution < -0.4 is 5.32 Å². The number of nitrogens with zero attached hydrogens (tertiary/aromatic N) is 1. The van der Waals surface area contributed by atoms with Crippen molar-refractivity contribution in [1.82, 2.24) is 9.62 Å². The van der Waals surface area contributed by atoms with Crippen LogP contribution in [0, 0.1) is 11.8 Å². The number of thiophene rings is 1. The lowest BCUT2D eigenvalue weighted by atomic mass is 9.94. The van der Waals surface area contributed by atoms with Gasteiger partial charge in [-0.05, 0) is 54.0 Å². The van der Waals surface area contributed by atoms with E-state index < -0.39 is 10.0 Å². The highest BCUT2D eigenvalue weighted by Gasteiger charge is 2.31. The molecule has 1 aromatic carbocycles. The smallest absolute Gasteiger partial charge is 0.251 e. The van der Waals surface area contributed by atoms with Crippen LogP contribution in [0.15, 0.2) is 46.7 Å². The van der Waals surface area contributed by atoms with Crippen molar-refractivity contribution in [2.45, 2.75) is 31.7 Å². The molecular weight excluding hydrogens is 368 g/mol. The van der Waals surface area contributed by atoms with Crippen molar-refractivity contribution in [1.29, 1.82) is 0 Å². The van der Waals surface area contributed by atoms with Crippen LogP contribution in [-0.2, 0) is 16.6 Å². The molecule has 0 spiro atoms. The molecule has 2 atom stereocenters. The molecule has 0 radical (unpaired) electrons. The number of amides is 1. The van der Waals surface area contributed by atoms with E-state index >= 15 is 0 Å². The van der Waals surface area contributed by atoms with Crippen molar-refractivity contribution < 1.29 is 13.2 Å². The Morgan fingerprint density at radius 1 is 1.15 bits per heavy atom. The molecule has 1 amide bonds. The van der Waals surface area contributed by atoms with Crippen LogP contribution in [0.25, 0.3) is 0 Å². The molecule has 7 heteroatoms. The van der Waals surface area contributed by atoms with Gasteiger partial charge in [0.2, 0.25) is 10.0 Å². The Balaban J connectivity index is 1.69. The lowest BCUT2D eigenvalue weighted by Gasteiger charge is -2.34. The second kappa shape index (κ2) is 7.90. The number of sulfonamides is 1. The van der Waals surface area contributed by atoms with Crippen LogP contribution in [0.5, 0.6) is 0 Å². The van der Waals surface area contributed by atoms with E-state index in [0.717, 1.165) is 11.3 Å². The second-order valence-corrected chi connectivity index (χ2v) is 10.0. The van der Waals surface area contributed by atoms with Crippen LogP contribution in [0.4, 0.5) is 0 Å². The van der Waals surface area contributed by atoms with Crippen molar-refractivity contribution in [3.05, 3.63) is 52.2 Å². The highest BCUT2D eigenvalue weighted by molar-refractivity contribution is 7.89. The van der Waals surface area contributed by atoms with E-state index in [1.54, 1.807) is 27.8 Å². The first-order valence-corrected chi connectivity index (χ1v) is 11.1. The molecule has 2 heterocycles. The summed E-state index contributed by atoms with van der Waals surface area (Å²) in [6, 6.07) is 10.1. The van der Waals surface area contributed by atoms with Gasteiger partial charge in [-0.1, -0.05) is 19.9 Å². The SMILES string of the molecule is C[C@@H]1C[C@@H](C)CN(S(=O)(=O)c2ccc(C(=O)NCc3cccs3)cc2)C1. The Morgan fingerprint density at radius 2 is 1.81 bits per heavy atom. The van der Waals surface area contributed by atoms with Gasteiger partial charge >= 0.3 is 0 Å². The molecule has 0 saturated carbocycles. The number of benzene rings is 1. The molecule has 1 saturated heterocycles. The standard InChI is InChI=1S/C19H24N2O3S2/c1-14-10-15(2)13-21(12-14)26(23,24)18-7-5-16(6-8-18)19(22)20-11-17-4-3-9-25-17/h3-9,14-15H,10-13H2,1-2H3,(H,20,22)/t14-,15-/m1/s1. The summed E-state index contributed by atoms with van der Waals surface area (Å²) in [5.74, 6) is 0.509. The second-order valence-electron chi connectivity index (χ2n) is 7.05. The van der Waals surface area contributed by atoms with E-state index in [0.29, 0.717) is 37.0 Å². The molecule has 0 aliphatic carbocycles. The van der Waals surface area contributed by atoms with Crippen molar-refractivity contribution >= 4 is 27.3 Å². The third kappa shape index (κ3) is 4.34. The minimum Gasteiger partial charge on any atom is -0.347 e. The molecular formula is C19H24N2O3S2. The number of carbonyl (C=O) groups is 1. The van der Waals surface area contributed by atoms with Crippen LogP contribution in [-0.4, -0.2) is 31.7 Å². The Bertz CT molecular complexity index is 835. The van der Waals surface area contributed by atoms with Crippen molar-refractivity contribution in [3.63, 3.8) is 0 Å². The first-order chi connectivity index (χ1) is 12.4. The first kappa shape index (κ1) is 19.1. The van der Waals surface area contributed by atoms with Crippen molar-refractivity contribution in [2.24, 2.45) is 11.8 Å².